The first-order valence-corrected chi connectivity index (χ1v) is 8.41. The zero-order valence-electron chi connectivity index (χ0n) is 14.5. The molecular weight excluding hydrogens is 336 g/mol. The normalized spacial score (nSPS) is 25.3. The maximum Gasteiger partial charge on any atom is 0.330 e. The molecule has 0 spiro atoms. The molecule has 3 rings (SSSR count). The Hall–Kier alpha value is -2.48. The van der Waals surface area contributed by atoms with E-state index in [2.05, 4.69) is 11.6 Å². The second-order valence-corrected chi connectivity index (χ2v) is 6.30. The summed E-state index contributed by atoms with van der Waals surface area (Å²) in [7, 11) is 0. The van der Waals surface area contributed by atoms with Crippen LogP contribution >= 0.6 is 0 Å². The molecular formula is C19H22N2O5. The van der Waals surface area contributed by atoms with E-state index in [-0.39, 0.29) is 12.5 Å². The molecule has 2 N–H and O–H groups in total. The van der Waals surface area contributed by atoms with Crippen molar-refractivity contribution in [1.29, 1.82) is 0 Å². The molecule has 0 unspecified atom stereocenters. The summed E-state index contributed by atoms with van der Waals surface area (Å²) in [5.41, 5.74) is 0.380. The highest BCUT2D eigenvalue weighted by atomic mass is 16.6. The van der Waals surface area contributed by atoms with E-state index in [0.717, 1.165) is 5.56 Å². The van der Waals surface area contributed by atoms with Crippen LogP contribution in [0.25, 0.3) is 0 Å². The van der Waals surface area contributed by atoms with E-state index >= 15 is 0 Å². The summed E-state index contributed by atoms with van der Waals surface area (Å²) < 4.78 is 13.2. The number of H-pyrrole nitrogens is 1. The molecule has 1 saturated heterocycles. The highest BCUT2D eigenvalue weighted by Crippen LogP contribution is 2.37. The van der Waals surface area contributed by atoms with E-state index in [1.807, 2.05) is 30.3 Å². The smallest absolute Gasteiger partial charge is 0.330 e. The van der Waals surface area contributed by atoms with Crippen LogP contribution in [0, 0.1) is 12.8 Å². The number of aryl methyl sites for hydroxylation is 1. The van der Waals surface area contributed by atoms with Gasteiger partial charge in [-0.2, -0.15) is 0 Å². The quantitative estimate of drug-likeness (QED) is 0.755. The lowest BCUT2D eigenvalue weighted by atomic mass is 9.99. The van der Waals surface area contributed by atoms with Gasteiger partial charge in [-0.05, 0) is 12.5 Å². The van der Waals surface area contributed by atoms with Gasteiger partial charge in [0.05, 0.1) is 25.2 Å². The van der Waals surface area contributed by atoms with Crippen molar-refractivity contribution in [3.8, 4) is 0 Å². The minimum atomic E-state index is -0.714. The topological polar surface area (TPSA) is 93.5 Å². The third-order valence-corrected chi connectivity index (χ3v) is 4.55. The molecule has 0 amide bonds. The summed E-state index contributed by atoms with van der Waals surface area (Å²) in [4.78, 5) is 26.1. The standard InChI is InChI=1S/C19H22N2O5/c1-3-14-16(25-11-13-7-5-4-6-8-13)15(10-22)26-18(14)21-9-12(2)17(23)20-19(21)24/h3-9,14-16,18,22H,1,10-11H2,2H3,(H,20,23,24)/t14-,15-,16+,18-/m1/s1. The summed E-state index contributed by atoms with van der Waals surface area (Å²) >= 11 is 0. The molecule has 26 heavy (non-hydrogen) atoms. The maximum absolute atomic E-state index is 12.2. The lowest BCUT2D eigenvalue weighted by molar-refractivity contribution is -0.0658. The number of ether oxygens (including phenoxy) is 2. The van der Waals surface area contributed by atoms with Gasteiger partial charge in [0.15, 0.2) is 0 Å². The van der Waals surface area contributed by atoms with Crippen molar-refractivity contribution < 1.29 is 14.6 Å². The molecule has 1 aromatic carbocycles. The molecule has 138 valence electrons. The van der Waals surface area contributed by atoms with Gasteiger partial charge < -0.3 is 14.6 Å². The largest absolute Gasteiger partial charge is 0.394 e. The van der Waals surface area contributed by atoms with E-state index in [0.29, 0.717) is 12.2 Å². The van der Waals surface area contributed by atoms with E-state index in [1.165, 1.54) is 10.8 Å². The van der Waals surface area contributed by atoms with Crippen molar-refractivity contribution in [3.05, 3.63) is 81.1 Å². The third kappa shape index (κ3) is 3.55. The van der Waals surface area contributed by atoms with Crippen molar-refractivity contribution in [2.75, 3.05) is 6.61 Å². The van der Waals surface area contributed by atoms with Gasteiger partial charge in [-0.1, -0.05) is 36.4 Å². The Bertz CT molecular complexity index is 873. The molecule has 4 atom stereocenters. The minimum absolute atomic E-state index is 0.253. The molecule has 1 aliphatic heterocycles. The molecule has 2 aromatic rings. The molecule has 1 aromatic heterocycles. The fourth-order valence-corrected chi connectivity index (χ4v) is 3.17. The number of aromatic amines is 1. The second-order valence-electron chi connectivity index (χ2n) is 6.30. The first-order chi connectivity index (χ1) is 12.5. The van der Waals surface area contributed by atoms with Crippen molar-refractivity contribution in [1.82, 2.24) is 9.55 Å². The van der Waals surface area contributed by atoms with Gasteiger partial charge in [0, 0.05) is 11.8 Å². The van der Waals surface area contributed by atoms with Gasteiger partial charge in [0.1, 0.15) is 12.3 Å². The van der Waals surface area contributed by atoms with Gasteiger partial charge in [-0.3, -0.25) is 14.3 Å². The van der Waals surface area contributed by atoms with E-state index < -0.39 is 29.7 Å². The number of nitrogens with one attached hydrogen (secondary N) is 1. The zero-order valence-corrected chi connectivity index (χ0v) is 14.5. The van der Waals surface area contributed by atoms with Crippen LogP contribution in [0.3, 0.4) is 0 Å². The zero-order chi connectivity index (χ0) is 18.7. The number of aliphatic hydroxyl groups is 1. The van der Waals surface area contributed by atoms with E-state index in [1.54, 1.807) is 13.0 Å². The summed E-state index contributed by atoms with van der Waals surface area (Å²) in [5.74, 6) is -0.362. The Morgan fingerprint density at radius 2 is 2.08 bits per heavy atom. The van der Waals surface area contributed by atoms with E-state index in [9.17, 15) is 14.7 Å². The highest BCUT2D eigenvalue weighted by Gasteiger charge is 2.44. The predicted octanol–water partition coefficient (Wildman–Crippen LogP) is 1.12. The minimum Gasteiger partial charge on any atom is -0.394 e. The number of aromatic nitrogens is 2. The number of rotatable bonds is 6. The molecule has 0 saturated carbocycles. The molecule has 0 aliphatic carbocycles. The van der Waals surface area contributed by atoms with Crippen LogP contribution in [0.15, 0.2) is 58.8 Å². The van der Waals surface area contributed by atoms with Crippen LogP contribution in [0.5, 0.6) is 0 Å². The molecule has 7 heteroatoms. The monoisotopic (exact) mass is 358 g/mol. The predicted molar refractivity (Wildman–Crippen MR) is 95.8 cm³/mol. The van der Waals surface area contributed by atoms with E-state index in [4.69, 9.17) is 9.47 Å². The summed E-state index contributed by atoms with van der Waals surface area (Å²) in [6.45, 7) is 5.54. The van der Waals surface area contributed by atoms with Crippen LogP contribution in [-0.4, -0.2) is 33.5 Å². The molecule has 1 aliphatic rings. The van der Waals surface area contributed by atoms with Gasteiger partial charge in [0.25, 0.3) is 5.56 Å². The van der Waals surface area contributed by atoms with Crippen molar-refractivity contribution in [2.24, 2.45) is 5.92 Å². The second kappa shape index (κ2) is 7.82. The van der Waals surface area contributed by atoms with Crippen LogP contribution in [0.1, 0.15) is 17.4 Å². The van der Waals surface area contributed by atoms with Gasteiger partial charge in [-0.15, -0.1) is 6.58 Å². The summed E-state index contributed by atoms with van der Waals surface area (Å²) in [5, 5.41) is 9.70. The Kier molecular flexibility index (Phi) is 5.51. The van der Waals surface area contributed by atoms with Gasteiger partial charge in [-0.25, -0.2) is 4.79 Å². The number of hydrogen-bond acceptors (Lipinski definition) is 5. The lowest BCUT2D eigenvalue weighted by Gasteiger charge is -2.22. The van der Waals surface area contributed by atoms with Gasteiger partial charge in [0.2, 0.25) is 0 Å². The van der Waals surface area contributed by atoms with Crippen LogP contribution in [0.2, 0.25) is 0 Å². The number of aliphatic hydroxyl groups excluding tert-OH is 1. The Morgan fingerprint density at radius 1 is 1.35 bits per heavy atom. The van der Waals surface area contributed by atoms with Crippen LogP contribution < -0.4 is 11.2 Å². The van der Waals surface area contributed by atoms with Gasteiger partial charge >= 0.3 is 5.69 Å². The molecule has 0 radical (unpaired) electrons. The van der Waals surface area contributed by atoms with Crippen molar-refractivity contribution in [2.45, 2.75) is 32.0 Å². The number of hydrogen-bond donors (Lipinski definition) is 2. The van der Waals surface area contributed by atoms with Crippen molar-refractivity contribution >= 4 is 0 Å². The molecule has 7 nitrogen and oxygen atoms in total. The average molecular weight is 358 g/mol. The SMILES string of the molecule is C=C[C@@H]1[C@H](OCc2ccccc2)[C@@H](CO)O[C@H]1n1cc(C)c(=O)[nH]c1=O. The summed E-state index contributed by atoms with van der Waals surface area (Å²) in [6, 6.07) is 9.65. The first-order valence-electron chi connectivity index (χ1n) is 8.41. The summed E-state index contributed by atoms with van der Waals surface area (Å²) in [6.07, 6.45) is 1.32. The first kappa shape index (κ1) is 18.3. The Labute approximate surface area is 150 Å². The van der Waals surface area contributed by atoms with Crippen molar-refractivity contribution in [3.63, 3.8) is 0 Å². The third-order valence-electron chi connectivity index (χ3n) is 4.55. The lowest BCUT2D eigenvalue weighted by Crippen LogP contribution is -2.36. The van der Waals surface area contributed by atoms with Crippen LogP contribution in [0.4, 0.5) is 0 Å². The fourth-order valence-electron chi connectivity index (χ4n) is 3.17. The molecule has 2 heterocycles. The molecule has 0 bridgehead atoms. The molecule has 1 fully saturated rings. The average Bonchev–Trinajstić information content (AvgIpc) is 3.01. The number of benzene rings is 1. The fraction of sp³-hybridized carbons (Fsp3) is 0.368. The highest BCUT2D eigenvalue weighted by molar-refractivity contribution is 5.14. The number of nitrogens with zero attached hydrogens (tertiary/aromatic N) is 1. The Balaban J connectivity index is 1.87. The maximum atomic E-state index is 12.2. The Morgan fingerprint density at radius 3 is 2.73 bits per heavy atom. The van der Waals surface area contributed by atoms with Crippen LogP contribution in [-0.2, 0) is 16.1 Å².